The summed E-state index contributed by atoms with van der Waals surface area (Å²) < 4.78 is 0.957. The van der Waals surface area contributed by atoms with E-state index in [1.165, 1.54) is 0 Å². The molecule has 0 aromatic heterocycles. The number of hydrogen-bond donors (Lipinski definition) is 1. The maximum absolute atomic E-state index is 10.5. The summed E-state index contributed by atoms with van der Waals surface area (Å²) in [4.78, 5) is 10.5. The van der Waals surface area contributed by atoms with Crippen LogP contribution in [0.3, 0.4) is 0 Å². The minimum atomic E-state index is -0.885. The summed E-state index contributed by atoms with van der Waals surface area (Å²) >= 11 is 2.25. The quantitative estimate of drug-likeness (QED) is 0.686. The predicted molar refractivity (Wildman–Crippen MR) is 61.3 cm³/mol. The fourth-order valence-electron chi connectivity index (χ4n) is 0.917. The second-order valence-corrected chi connectivity index (χ2v) is 3.36. The molecule has 0 unspecified atom stereocenters. The zero-order valence-electron chi connectivity index (χ0n) is 6.90. The van der Waals surface area contributed by atoms with E-state index in [0.29, 0.717) is 5.56 Å². The van der Waals surface area contributed by atoms with Gasteiger partial charge in [0.25, 0.3) is 0 Å². The first-order valence-electron chi connectivity index (χ1n) is 3.80. The number of benzene rings is 1. The number of halogens is 1. The molecule has 1 aromatic rings. The predicted octanol–water partition coefficient (Wildman–Crippen LogP) is 2.83. The van der Waals surface area contributed by atoms with E-state index >= 15 is 0 Å². The molecule has 0 fully saturated rings. The van der Waals surface area contributed by atoms with E-state index in [1.54, 1.807) is 24.3 Å². The molecule has 0 radical (unpaired) electrons. The minimum absolute atomic E-state index is 0.326. The zero-order chi connectivity index (χ0) is 9.68. The minimum Gasteiger partial charge on any atom is -0.478 e. The Morgan fingerprint density at radius 2 is 2.00 bits per heavy atom. The highest BCUT2D eigenvalue weighted by atomic mass is 127. The maximum atomic E-state index is 10.5. The second-order valence-electron chi connectivity index (χ2n) is 2.48. The van der Waals surface area contributed by atoms with Crippen LogP contribution >= 0.6 is 22.6 Å². The van der Waals surface area contributed by atoms with Gasteiger partial charge < -0.3 is 5.11 Å². The molecule has 0 spiro atoms. The van der Waals surface area contributed by atoms with Crippen LogP contribution in [0, 0.1) is 0 Å². The Morgan fingerprint density at radius 3 is 2.46 bits per heavy atom. The lowest BCUT2D eigenvalue weighted by atomic mass is 10.1. The first kappa shape index (κ1) is 10.2. The van der Waals surface area contributed by atoms with Crippen LogP contribution < -0.4 is 0 Å². The van der Waals surface area contributed by atoms with E-state index in [0.717, 1.165) is 9.99 Å². The van der Waals surface area contributed by atoms with Gasteiger partial charge in [0, 0.05) is 4.43 Å². The van der Waals surface area contributed by atoms with E-state index in [9.17, 15) is 4.79 Å². The fourth-order valence-corrected chi connectivity index (χ4v) is 1.17. The second kappa shape index (κ2) is 5.01. The van der Waals surface area contributed by atoms with E-state index in [4.69, 9.17) is 5.11 Å². The van der Waals surface area contributed by atoms with Crippen molar-refractivity contribution < 1.29 is 9.90 Å². The Morgan fingerprint density at radius 1 is 1.38 bits per heavy atom. The van der Waals surface area contributed by atoms with Gasteiger partial charge in [-0.25, -0.2) is 4.79 Å². The Kier molecular flexibility index (Phi) is 3.95. The molecule has 13 heavy (non-hydrogen) atoms. The highest BCUT2D eigenvalue weighted by Gasteiger charge is 1.99. The fraction of sp³-hybridized carbons (Fsp3) is 0.100. The topological polar surface area (TPSA) is 37.3 Å². The molecule has 3 heteroatoms. The van der Waals surface area contributed by atoms with Gasteiger partial charge in [-0.1, -0.05) is 46.9 Å². The largest absolute Gasteiger partial charge is 0.478 e. The number of aromatic carboxylic acids is 1. The lowest BCUT2D eigenvalue weighted by Gasteiger charge is -1.94. The van der Waals surface area contributed by atoms with Crippen molar-refractivity contribution in [2.45, 2.75) is 0 Å². The third kappa shape index (κ3) is 3.18. The van der Waals surface area contributed by atoms with E-state index in [2.05, 4.69) is 22.6 Å². The molecule has 0 heterocycles. The maximum Gasteiger partial charge on any atom is 0.335 e. The molecule has 0 amide bonds. The highest BCUT2D eigenvalue weighted by molar-refractivity contribution is 14.1. The van der Waals surface area contributed by atoms with Gasteiger partial charge in [-0.2, -0.15) is 0 Å². The van der Waals surface area contributed by atoms with Crippen molar-refractivity contribution >= 4 is 34.6 Å². The molecule has 0 saturated carbocycles. The molecule has 2 nitrogen and oxygen atoms in total. The molecule has 1 rings (SSSR count). The summed E-state index contributed by atoms with van der Waals surface area (Å²) in [5.74, 6) is -0.885. The molecule has 0 saturated heterocycles. The van der Waals surface area contributed by atoms with E-state index in [-0.39, 0.29) is 0 Å². The lowest BCUT2D eigenvalue weighted by molar-refractivity contribution is 0.0697. The molecular formula is C10H9IO2. The molecule has 68 valence electrons. The summed E-state index contributed by atoms with van der Waals surface area (Å²) in [5, 5.41) is 8.63. The van der Waals surface area contributed by atoms with Crippen molar-refractivity contribution in [3.8, 4) is 0 Å². The number of carboxylic acids is 1. The Labute approximate surface area is 90.4 Å². The van der Waals surface area contributed by atoms with Crippen LogP contribution in [0.5, 0.6) is 0 Å². The van der Waals surface area contributed by atoms with Crippen LogP contribution in [0.1, 0.15) is 15.9 Å². The standard InChI is InChI=1S/C10H9IO2/c11-7-1-2-8-3-5-9(6-4-8)10(12)13/h1-6H,7H2,(H,12,13). The normalized spacial score (nSPS) is 10.5. The van der Waals surface area contributed by atoms with Gasteiger partial charge in [0.05, 0.1) is 5.56 Å². The first-order chi connectivity index (χ1) is 6.24. The smallest absolute Gasteiger partial charge is 0.335 e. The Balaban J connectivity index is 2.81. The van der Waals surface area contributed by atoms with Crippen LogP contribution in [0.15, 0.2) is 30.3 Å². The monoisotopic (exact) mass is 288 g/mol. The number of carboxylic acid groups (broad SMARTS) is 1. The van der Waals surface area contributed by atoms with Gasteiger partial charge in [0.15, 0.2) is 0 Å². The van der Waals surface area contributed by atoms with E-state index < -0.39 is 5.97 Å². The number of carbonyl (C=O) groups is 1. The molecule has 0 bridgehead atoms. The molecule has 1 aromatic carbocycles. The molecule has 0 aliphatic rings. The van der Waals surface area contributed by atoms with Crippen molar-refractivity contribution in [3.63, 3.8) is 0 Å². The molecule has 0 aliphatic carbocycles. The molecule has 0 atom stereocenters. The van der Waals surface area contributed by atoms with Crippen molar-refractivity contribution in [1.82, 2.24) is 0 Å². The highest BCUT2D eigenvalue weighted by Crippen LogP contribution is 2.06. The molecule has 1 N–H and O–H groups in total. The zero-order valence-corrected chi connectivity index (χ0v) is 9.06. The third-order valence-electron chi connectivity index (χ3n) is 1.56. The summed E-state index contributed by atoms with van der Waals surface area (Å²) in [7, 11) is 0. The van der Waals surface area contributed by atoms with Gasteiger partial charge in [-0.3, -0.25) is 0 Å². The van der Waals surface area contributed by atoms with Crippen molar-refractivity contribution in [3.05, 3.63) is 41.5 Å². The lowest BCUT2D eigenvalue weighted by Crippen LogP contribution is -1.94. The number of rotatable bonds is 3. The number of hydrogen-bond acceptors (Lipinski definition) is 1. The molecular weight excluding hydrogens is 279 g/mol. The Hall–Kier alpha value is -0.840. The SMILES string of the molecule is O=C(O)c1ccc(C=CCI)cc1. The average molecular weight is 288 g/mol. The van der Waals surface area contributed by atoms with E-state index in [1.807, 2.05) is 12.2 Å². The van der Waals surface area contributed by atoms with Crippen LogP contribution in [-0.2, 0) is 0 Å². The third-order valence-corrected chi connectivity index (χ3v) is 2.07. The average Bonchev–Trinajstić information content (AvgIpc) is 2.15. The van der Waals surface area contributed by atoms with Gasteiger partial charge in [0.2, 0.25) is 0 Å². The molecule has 0 aliphatic heterocycles. The van der Waals surface area contributed by atoms with Crippen molar-refractivity contribution in [1.29, 1.82) is 0 Å². The van der Waals surface area contributed by atoms with Crippen LogP contribution in [-0.4, -0.2) is 15.5 Å². The summed E-state index contributed by atoms with van der Waals surface area (Å²) in [6.07, 6.45) is 3.99. The van der Waals surface area contributed by atoms with Crippen LogP contribution in [0.2, 0.25) is 0 Å². The van der Waals surface area contributed by atoms with Gasteiger partial charge >= 0.3 is 5.97 Å². The summed E-state index contributed by atoms with van der Waals surface area (Å²) in [6, 6.07) is 6.81. The van der Waals surface area contributed by atoms with Crippen molar-refractivity contribution in [2.24, 2.45) is 0 Å². The van der Waals surface area contributed by atoms with Crippen molar-refractivity contribution in [2.75, 3.05) is 4.43 Å². The van der Waals surface area contributed by atoms with Gasteiger partial charge in [0.1, 0.15) is 0 Å². The van der Waals surface area contributed by atoms with Gasteiger partial charge in [-0.05, 0) is 17.7 Å². The number of alkyl halides is 1. The summed E-state index contributed by atoms with van der Waals surface area (Å²) in [6.45, 7) is 0. The summed E-state index contributed by atoms with van der Waals surface area (Å²) in [5.41, 5.74) is 1.35. The Bertz CT molecular complexity index is 314. The van der Waals surface area contributed by atoms with Crippen LogP contribution in [0.25, 0.3) is 6.08 Å². The van der Waals surface area contributed by atoms with Crippen LogP contribution in [0.4, 0.5) is 0 Å². The van der Waals surface area contributed by atoms with Gasteiger partial charge in [-0.15, -0.1) is 0 Å². The first-order valence-corrected chi connectivity index (χ1v) is 5.32. The number of allylic oxidation sites excluding steroid dienone is 1.